The van der Waals surface area contributed by atoms with Gasteiger partial charge in [0.25, 0.3) is 0 Å². The maximum atomic E-state index is 5.60. The zero-order valence-electron chi connectivity index (χ0n) is 10.8. The van der Waals surface area contributed by atoms with E-state index in [0.717, 1.165) is 17.1 Å². The van der Waals surface area contributed by atoms with Gasteiger partial charge in [0, 0.05) is 18.9 Å². The maximum absolute atomic E-state index is 5.60. The van der Waals surface area contributed by atoms with Gasteiger partial charge in [-0.25, -0.2) is 0 Å². The average Bonchev–Trinajstić information content (AvgIpc) is 2.46. The molecule has 0 fully saturated rings. The van der Waals surface area contributed by atoms with E-state index in [0.29, 0.717) is 5.69 Å². The Balaban J connectivity index is 2.41. The van der Waals surface area contributed by atoms with Crippen LogP contribution in [0.5, 0.6) is 5.75 Å². The topological polar surface area (TPSA) is 51.4 Å². The summed E-state index contributed by atoms with van der Waals surface area (Å²) in [4.78, 5) is 6.42. The number of para-hydroxylation sites is 2. The summed E-state index contributed by atoms with van der Waals surface area (Å²) in [5.41, 5.74) is 8.12. The van der Waals surface area contributed by atoms with Crippen LogP contribution in [0.1, 0.15) is 5.69 Å². The van der Waals surface area contributed by atoms with Crippen molar-refractivity contribution in [1.29, 1.82) is 0 Å². The lowest BCUT2D eigenvalue weighted by molar-refractivity contribution is 0.415. The van der Waals surface area contributed by atoms with Gasteiger partial charge in [-0.15, -0.1) is 0 Å². The van der Waals surface area contributed by atoms with Crippen LogP contribution in [0, 0.1) is 0 Å². The first-order valence-electron chi connectivity index (χ1n) is 5.76. The molecule has 0 aliphatic carbocycles. The van der Waals surface area contributed by atoms with Gasteiger partial charge in [0.15, 0.2) is 0 Å². The van der Waals surface area contributed by atoms with E-state index >= 15 is 0 Å². The first-order chi connectivity index (χ1) is 9.13. The van der Waals surface area contributed by atoms with Crippen molar-refractivity contribution in [1.82, 2.24) is 4.98 Å². The first-order valence-corrected chi connectivity index (χ1v) is 6.17. The molecule has 0 unspecified atom stereocenters. The standard InChI is InChI=1S/C14H15N3OS/c1-17(12-5-3-4-6-13(12)18-2)10-7-8-16-11(9-10)14(15)19/h3-9H,1-2H3,(H2,15,19). The van der Waals surface area contributed by atoms with Crippen molar-refractivity contribution in [2.75, 3.05) is 19.1 Å². The molecule has 0 radical (unpaired) electrons. The van der Waals surface area contributed by atoms with E-state index in [1.165, 1.54) is 0 Å². The van der Waals surface area contributed by atoms with Crippen LogP contribution < -0.4 is 15.4 Å². The van der Waals surface area contributed by atoms with E-state index in [1.807, 2.05) is 48.3 Å². The van der Waals surface area contributed by atoms with Crippen molar-refractivity contribution in [2.24, 2.45) is 5.73 Å². The van der Waals surface area contributed by atoms with Gasteiger partial charge in [0.2, 0.25) is 0 Å². The molecule has 0 aliphatic rings. The van der Waals surface area contributed by atoms with Gasteiger partial charge in [-0.3, -0.25) is 4.98 Å². The predicted molar refractivity (Wildman–Crippen MR) is 81.2 cm³/mol. The predicted octanol–water partition coefficient (Wildman–Crippen LogP) is 2.49. The molecule has 1 heterocycles. The number of thiocarbonyl (C=S) groups is 1. The summed E-state index contributed by atoms with van der Waals surface area (Å²) >= 11 is 4.95. The average molecular weight is 273 g/mol. The van der Waals surface area contributed by atoms with E-state index in [9.17, 15) is 0 Å². The Morgan fingerprint density at radius 2 is 2.05 bits per heavy atom. The van der Waals surface area contributed by atoms with Crippen molar-refractivity contribution in [2.45, 2.75) is 0 Å². The number of pyridine rings is 1. The van der Waals surface area contributed by atoms with E-state index < -0.39 is 0 Å². The molecule has 1 aromatic carbocycles. The summed E-state index contributed by atoms with van der Waals surface area (Å²) < 4.78 is 5.36. The lowest BCUT2D eigenvalue weighted by atomic mass is 10.2. The molecule has 0 bridgehead atoms. The highest BCUT2D eigenvalue weighted by Crippen LogP contribution is 2.31. The number of aromatic nitrogens is 1. The van der Waals surface area contributed by atoms with Crippen molar-refractivity contribution >= 4 is 28.6 Å². The van der Waals surface area contributed by atoms with Crippen LogP contribution in [0.25, 0.3) is 0 Å². The van der Waals surface area contributed by atoms with Gasteiger partial charge in [-0.05, 0) is 24.3 Å². The molecule has 0 spiro atoms. The number of benzene rings is 1. The highest BCUT2D eigenvalue weighted by atomic mass is 32.1. The maximum Gasteiger partial charge on any atom is 0.142 e. The monoisotopic (exact) mass is 273 g/mol. The molecule has 98 valence electrons. The molecule has 0 saturated carbocycles. The Kier molecular flexibility index (Phi) is 3.97. The molecule has 2 N–H and O–H groups in total. The summed E-state index contributed by atoms with van der Waals surface area (Å²) in [6.45, 7) is 0. The number of hydrogen-bond donors (Lipinski definition) is 1. The molecule has 19 heavy (non-hydrogen) atoms. The van der Waals surface area contributed by atoms with Gasteiger partial charge in [0.1, 0.15) is 10.7 Å². The van der Waals surface area contributed by atoms with Crippen LogP contribution in [0.15, 0.2) is 42.6 Å². The van der Waals surface area contributed by atoms with Crippen LogP contribution in [-0.4, -0.2) is 24.1 Å². The lowest BCUT2D eigenvalue weighted by Gasteiger charge is -2.22. The number of nitrogens with zero attached hydrogens (tertiary/aromatic N) is 2. The zero-order valence-corrected chi connectivity index (χ0v) is 11.6. The fourth-order valence-corrected chi connectivity index (χ4v) is 1.92. The molecule has 1 aromatic heterocycles. The molecule has 4 nitrogen and oxygen atoms in total. The molecule has 5 heteroatoms. The molecular formula is C14H15N3OS. The first kappa shape index (κ1) is 13.3. The van der Waals surface area contributed by atoms with E-state index in [-0.39, 0.29) is 4.99 Å². The Labute approximate surface area is 117 Å². The molecule has 2 aromatic rings. The van der Waals surface area contributed by atoms with E-state index in [1.54, 1.807) is 13.3 Å². The minimum Gasteiger partial charge on any atom is -0.495 e. The lowest BCUT2D eigenvalue weighted by Crippen LogP contribution is -2.15. The van der Waals surface area contributed by atoms with Gasteiger partial charge in [0.05, 0.1) is 18.5 Å². The summed E-state index contributed by atoms with van der Waals surface area (Å²) in [7, 11) is 3.61. The Morgan fingerprint density at radius 1 is 1.32 bits per heavy atom. The number of rotatable bonds is 4. The van der Waals surface area contributed by atoms with Crippen molar-refractivity contribution < 1.29 is 4.74 Å². The van der Waals surface area contributed by atoms with Crippen molar-refractivity contribution in [3.8, 4) is 5.75 Å². The minimum atomic E-state index is 0.287. The number of ether oxygens (including phenoxy) is 1. The summed E-state index contributed by atoms with van der Waals surface area (Å²) in [5.74, 6) is 0.804. The number of nitrogens with two attached hydrogens (primary N) is 1. The fraction of sp³-hybridized carbons (Fsp3) is 0.143. The zero-order chi connectivity index (χ0) is 13.8. The van der Waals surface area contributed by atoms with Gasteiger partial charge < -0.3 is 15.4 Å². The van der Waals surface area contributed by atoms with Crippen LogP contribution in [-0.2, 0) is 0 Å². The molecule has 2 rings (SSSR count). The summed E-state index contributed by atoms with van der Waals surface area (Å²) in [5, 5.41) is 0. The number of anilines is 2. The molecule has 0 aliphatic heterocycles. The fourth-order valence-electron chi connectivity index (χ4n) is 1.81. The van der Waals surface area contributed by atoms with E-state index in [2.05, 4.69) is 4.98 Å². The smallest absolute Gasteiger partial charge is 0.142 e. The molecule has 0 amide bonds. The second-order valence-electron chi connectivity index (χ2n) is 3.99. The normalized spacial score (nSPS) is 10.0. The van der Waals surface area contributed by atoms with Gasteiger partial charge in [-0.1, -0.05) is 24.4 Å². The molecule has 0 atom stereocenters. The highest BCUT2D eigenvalue weighted by Gasteiger charge is 2.10. The van der Waals surface area contributed by atoms with Crippen molar-refractivity contribution in [3.05, 3.63) is 48.3 Å². The van der Waals surface area contributed by atoms with Crippen molar-refractivity contribution in [3.63, 3.8) is 0 Å². The summed E-state index contributed by atoms with van der Waals surface area (Å²) in [6.07, 6.45) is 1.69. The Morgan fingerprint density at radius 3 is 2.74 bits per heavy atom. The van der Waals surface area contributed by atoms with Gasteiger partial charge in [-0.2, -0.15) is 0 Å². The SMILES string of the molecule is COc1ccccc1N(C)c1ccnc(C(N)=S)c1. The largest absolute Gasteiger partial charge is 0.495 e. The second-order valence-corrected chi connectivity index (χ2v) is 4.43. The van der Waals surface area contributed by atoms with Crippen LogP contribution in [0.4, 0.5) is 11.4 Å². The third kappa shape index (κ3) is 2.82. The highest BCUT2D eigenvalue weighted by molar-refractivity contribution is 7.80. The quantitative estimate of drug-likeness (QED) is 0.867. The summed E-state index contributed by atoms with van der Waals surface area (Å²) in [6, 6.07) is 11.6. The van der Waals surface area contributed by atoms with E-state index in [4.69, 9.17) is 22.7 Å². The van der Waals surface area contributed by atoms with Gasteiger partial charge >= 0.3 is 0 Å². The number of hydrogen-bond acceptors (Lipinski definition) is 4. The third-order valence-corrected chi connectivity index (χ3v) is 3.04. The van der Waals surface area contributed by atoms with Crippen LogP contribution >= 0.6 is 12.2 Å². The van der Waals surface area contributed by atoms with Crippen LogP contribution in [0.2, 0.25) is 0 Å². The Bertz CT molecular complexity index is 601. The molecule has 0 saturated heterocycles. The Hall–Kier alpha value is -2.14. The number of methoxy groups -OCH3 is 1. The second kappa shape index (κ2) is 5.67. The van der Waals surface area contributed by atoms with Crippen LogP contribution in [0.3, 0.4) is 0 Å². The third-order valence-electron chi connectivity index (χ3n) is 2.83. The minimum absolute atomic E-state index is 0.287. The molecular weight excluding hydrogens is 258 g/mol.